The Morgan fingerprint density at radius 3 is 1.82 bits per heavy atom. The molecule has 5 nitrogen and oxygen atoms in total. The van der Waals surface area contributed by atoms with Gasteiger partial charge in [-0.15, -0.1) is 0 Å². The van der Waals surface area contributed by atoms with Gasteiger partial charge < -0.3 is 10.6 Å². The maximum Gasteiger partial charge on any atom is 0.325 e. The number of nitrogens with one attached hydrogen (secondary N) is 2. The highest BCUT2D eigenvalue weighted by Gasteiger charge is 2.71. The second-order valence-electron chi connectivity index (χ2n) is 6.74. The number of amides is 3. The predicted molar refractivity (Wildman–Crippen MR) is 110 cm³/mol. The molecule has 2 atom stereocenters. The molecule has 0 aliphatic carbocycles. The number of thioether (sulfide) groups is 1. The van der Waals surface area contributed by atoms with E-state index >= 15 is 0 Å². The molecule has 2 aliphatic rings. The molecule has 0 bridgehead atoms. The van der Waals surface area contributed by atoms with Gasteiger partial charge in [0.2, 0.25) is 0 Å². The molecule has 2 unspecified atom stereocenters. The van der Waals surface area contributed by atoms with Crippen molar-refractivity contribution in [3.05, 3.63) is 102 Å². The van der Waals surface area contributed by atoms with E-state index in [4.69, 9.17) is 0 Å². The SMILES string of the molecule is O=C1NC2(c3ccccc3)N(c3ccccc3)C(=O)NC2(c2ccccc2)S1. The molecule has 3 aromatic rings. The van der Waals surface area contributed by atoms with Crippen LogP contribution in [0.4, 0.5) is 15.3 Å². The highest BCUT2D eigenvalue weighted by atomic mass is 32.2. The number of hydrogen-bond donors (Lipinski definition) is 2. The lowest BCUT2D eigenvalue weighted by Gasteiger charge is -2.42. The number of fused-ring (bicyclic) bond motifs is 1. The maximum absolute atomic E-state index is 13.3. The van der Waals surface area contributed by atoms with Crippen LogP contribution in [0.3, 0.4) is 0 Å². The smallest absolute Gasteiger partial charge is 0.317 e. The highest BCUT2D eigenvalue weighted by molar-refractivity contribution is 8.14. The van der Waals surface area contributed by atoms with Crippen LogP contribution in [-0.4, -0.2) is 11.3 Å². The summed E-state index contributed by atoms with van der Waals surface area (Å²) in [5, 5.41) is 6.07. The first kappa shape index (κ1) is 16.9. The van der Waals surface area contributed by atoms with E-state index in [0.717, 1.165) is 22.9 Å². The number of carbonyl (C=O) groups excluding carboxylic acids is 2. The summed E-state index contributed by atoms with van der Waals surface area (Å²) in [6.45, 7) is 0. The van der Waals surface area contributed by atoms with Crippen LogP contribution in [0, 0.1) is 0 Å². The lowest BCUT2D eigenvalue weighted by molar-refractivity contribution is 0.242. The van der Waals surface area contributed by atoms with Crippen LogP contribution in [0.15, 0.2) is 91.0 Å². The molecule has 2 aliphatic heterocycles. The van der Waals surface area contributed by atoms with E-state index in [1.165, 1.54) is 0 Å². The summed E-state index contributed by atoms with van der Waals surface area (Å²) >= 11 is 1.11. The highest BCUT2D eigenvalue weighted by Crippen LogP contribution is 2.59. The van der Waals surface area contributed by atoms with Crippen LogP contribution in [0.1, 0.15) is 11.1 Å². The molecule has 0 aromatic heterocycles. The zero-order valence-corrected chi connectivity index (χ0v) is 15.6. The Kier molecular flexibility index (Phi) is 3.70. The summed E-state index contributed by atoms with van der Waals surface area (Å²) in [5.74, 6) is 0. The van der Waals surface area contributed by atoms with Gasteiger partial charge in [-0.1, -0.05) is 78.9 Å². The second kappa shape index (κ2) is 6.14. The molecule has 3 amide bonds. The standard InChI is InChI=1S/C22H17N3O2S/c26-19-23-22(17-12-6-2-7-13-17)21(24-20(27)28-22,16-10-4-1-5-11-16)25(19)18-14-8-3-9-15-18/h1-15H,(H,23,26)(H,24,27). The number of benzene rings is 3. The quantitative estimate of drug-likeness (QED) is 0.701. The third kappa shape index (κ3) is 2.15. The first-order chi connectivity index (χ1) is 13.7. The molecule has 0 spiro atoms. The third-order valence-corrected chi connectivity index (χ3v) is 6.47. The fourth-order valence-corrected chi connectivity index (χ4v) is 5.42. The van der Waals surface area contributed by atoms with Crippen LogP contribution in [0.2, 0.25) is 0 Å². The summed E-state index contributed by atoms with van der Waals surface area (Å²) in [7, 11) is 0. The van der Waals surface area contributed by atoms with Crippen molar-refractivity contribution in [1.29, 1.82) is 0 Å². The van der Waals surface area contributed by atoms with Gasteiger partial charge in [-0.2, -0.15) is 0 Å². The van der Waals surface area contributed by atoms with Gasteiger partial charge in [0.25, 0.3) is 5.24 Å². The maximum atomic E-state index is 13.3. The summed E-state index contributed by atoms with van der Waals surface area (Å²) in [6, 6.07) is 28.5. The molecule has 2 heterocycles. The Labute approximate surface area is 166 Å². The van der Waals surface area contributed by atoms with Crippen LogP contribution < -0.4 is 15.5 Å². The van der Waals surface area contributed by atoms with Crippen LogP contribution in [0.25, 0.3) is 0 Å². The molecule has 2 saturated heterocycles. The Morgan fingerprint density at radius 1 is 0.679 bits per heavy atom. The average Bonchev–Trinajstić information content (AvgIpc) is 3.16. The van der Waals surface area contributed by atoms with Crippen molar-refractivity contribution in [2.45, 2.75) is 10.5 Å². The Bertz CT molecular complexity index is 1050. The molecule has 138 valence electrons. The van der Waals surface area contributed by atoms with E-state index in [2.05, 4.69) is 10.6 Å². The van der Waals surface area contributed by atoms with E-state index in [1.807, 2.05) is 91.0 Å². The van der Waals surface area contributed by atoms with Gasteiger partial charge in [-0.3, -0.25) is 9.69 Å². The van der Waals surface area contributed by atoms with Gasteiger partial charge in [0.15, 0.2) is 10.5 Å². The van der Waals surface area contributed by atoms with Gasteiger partial charge >= 0.3 is 6.03 Å². The van der Waals surface area contributed by atoms with Crippen molar-refractivity contribution >= 4 is 28.7 Å². The van der Waals surface area contributed by atoms with E-state index in [0.29, 0.717) is 5.69 Å². The van der Waals surface area contributed by atoms with Gasteiger partial charge in [0.1, 0.15) is 0 Å². The molecule has 0 saturated carbocycles. The number of hydrogen-bond acceptors (Lipinski definition) is 3. The first-order valence-corrected chi connectivity index (χ1v) is 9.79. The number of rotatable bonds is 3. The molecule has 5 rings (SSSR count). The fraction of sp³-hybridized carbons (Fsp3) is 0.0909. The topological polar surface area (TPSA) is 61.4 Å². The Morgan fingerprint density at radius 2 is 1.21 bits per heavy atom. The Hall–Kier alpha value is -3.25. The van der Waals surface area contributed by atoms with E-state index in [9.17, 15) is 9.59 Å². The fourth-order valence-electron chi connectivity index (χ4n) is 4.15. The van der Waals surface area contributed by atoms with Crippen LogP contribution >= 0.6 is 11.8 Å². The molecular formula is C22H17N3O2S. The van der Waals surface area contributed by atoms with Crippen LogP contribution in [-0.2, 0) is 10.5 Å². The molecular weight excluding hydrogens is 370 g/mol. The van der Waals surface area contributed by atoms with E-state index in [1.54, 1.807) is 4.90 Å². The Balaban J connectivity index is 1.84. The number of para-hydroxylation sites is 1. The zero-order chi connectivity index (χ0) is 19.2. The number of carbonyl (C=O) groups is 2. The minimum absolute atomic E-state index is 0.186. The molecule has 28 heavy (non-hydrogen) atoms. The lowest BCUT2D eigenvalue weighted by Crippen LogP contribution is -2.59. The second-order valence-corrected chi connectivity index (χ2v) is 7.93. The number of urea groups is 1. The summed E-state index contributed by atoms with van der Waals surface area (Å²) < 4.78 is 0. The summed E-state index contributed by atoms with van der Waals surface area (Å²) in [6.07, 6.45) is 0. The lowest BCUT2D eigenvalue weighted by atomic mass is 9.86. The third-order valence-electron chi connectivity index (χ3n) is 5.25. The van der Waals surface area contributed by atoms with Crippen molar-refractivity contribution < 1.29 is 9.59 Å². The first-order valence-electron chi connectivity index (χ1n) is 8.97. The van der Waals surface area contributed by atoms with Crippen molar-refractivity contribution in [2.24, 2.45) is 0 Å². The molecule has 0 radical (unpaired) electrons. The van der Waals surface area contributed by atoms with E-state index in [-0.39, 0.29) is 11.3 Å². The van der Waals surface area contributed by atoms with Crippen molar-refractivity contribution in [1.82, 2.24) is 10.6 Å². The van der Waals surface area contributed by atoms with Gasteiger partial charge in [-0.25, -0.2) is 4.79 Å². The zero-order valence-electron chi connectivity index (χ0n) is 14.8. The molecule has 6 heteroatoms. The summed E-state index contributed by atoms with van der Waals surface area (Å²) in [5.41, 5.74) is 1.30. The van der Waals surface area contributed by atoms with Gasteiger partial charge in [-0.05, 0) is 29.5 Å². The minimum atomic E-state index is -1.10. The van der Waals surface area contributed by atoms with E-state index < -0.39 is 10.5 Å². The minimum Gasteiger partial charge on any atom is -0.317 e. The van der Waals surface area contributed by atoms with Crippen molar-refractivity contribution in [2.75, 3.05) is 4.90 Å². The van der Waals surface area contributed by atoms with Crippen molar-refractivity contribution in [3.8, 4) is 0 Å². The summed E-state index contributed by atoms with van der Waals surface area (Å²) in [4.78, 5) is 26.7. The van der Waals surface area contributed by atoms with Gasteiger partial charge in [0, 0.05) is 11.3 Å². The normalized spacial score (nSPS) is 25.9. The largest absolute Gasteiger partial charge is 0.325 e. The van der Waals surface area contributed by atoms with Gasteiger partial charge in [0.05, 0.1) is 0 Å². The predicted octanol–water partition coefficient (Wildman–Crippen LogP) is 4.38. The van der Waals surface area contributed by atoms with Crippen molar-refractivity contribution in [3.63, 3.8) is 0 Å². The number of nitrogens with zero attached hydrogens (tertiary/aromatic N) is 1. The molecule has 2 fully saturated rings. The molecule has 2 N–H and O–H groups in total. The average molecular weight is 387 g/mol. The monoisotopic (exact) mass is 387 g/mol. The molecule has 3 aromatic carbocycles. The van der Waals surface area contributed by atoms with Crippen LogP contribution in [0.5, 0.6) is 0 Å². The number of anilines is 1.